The topological polar surface area (TPSA) is 62.5 Å². The molecule has 1 aliphatic carbocycles. The molecule has 8 heteroatoms. The Kier molecular flexibility index (Phi) is 6.42. The minimum atomic E-state index is 0.119. The van der Waals surface area contributed by atoms with E-state index in [2.05, 4.69) is 21.2 Å². The third kappa shape index (κ3) is 4.81. The second-order valence-electron chi connectivity index (χ2n) is 7.38. The van der Waals surface area contributed by atoms with Crippen LogP contribution in [0.2, 0.25) is 5.02 Å². The van der Waals surface area contributed by atoms with Crippen LogP contribution in [0.25, 0.3) is 0 Å². The Morgan fingerprint density at radius 2 is 1.93 bits per heavy atom. The van der Waals surface area contributed by atoms with E-state index in [9.17, 15) is 4.79 Å². The molecule has 28 heavy (non-hydrogen) atoms. The smallest absolute Gasteiger partial charge is 0.277 e. The zero-order valence-electron chi connectivity index (χ0n) is 15.8. The van der Waals surface area contributed by atoms with Gasteiger partial charge in [-0.05, 0) is 31.0 Å². The van der Waals surface area contributed by atoms with Crippen molar-refractivity contribution in [1.29, 1.82) is 0 Å². The van der Waals surface area contributed by atoms with Crippen LogP contribution in [0.1, 0.15) is 43.9 Å². The molecule has 1 aromatic heterocycles. The maximum Gasteiger partial charge on any atom is 0.277 e. The van der Waals surface area contributed by atoms with Gasteiger partial charge in [0.05, 0.1) is 5.75 Å². The lowest BCUT2D eigenvalue weighted by molar-refractivity contribution is -0.128. The van der Waals surface area contributed by atoms with Crippen LogP contribution < -0.4 is 4.90 Å². The molecule has 0 spiro atoms. The maximum atomic E-state index is 12.6. The van der Waals surface area contributed by atoms with E-state index in [1.807, 2.05) is 23.1 Å². The number of halogens is 1. The van der Waals surface area contributed by atoms with Crippen molar-refractivity contribution in [1.82, 2.24) is 15.1 Å². The number of nitrogens with zero attached hydrogens (tertiary/aromatic N) is 4. The van der Waals surface area contributed by atoms with Crippen LogP contribution in [0.5, 0.6) is 0 Å². The molecule has 1 saturated heterocycles. The van der Waals surface area contributed by atoms with Gasteiger partial charge in [-0.2, -0.15) is 0 Å². The first-order chi connectivity index (χ1) is 13.7. The fourth-order valence-corrected chi connectivity index (χ4v) is 4.75. The molecule has 2 heterocycles. The molecule has 2 fully saturated rings. The van der Waals surface area contributed by atoms with Crippen LogP contribution in [0.15, 0.2) is 33.9 Å². The summed E-state index contributed by atoms with van der Waals surface area (Å²) in [5.74, 6) is 1.59. The second-order valence-corrected chi connectivity index (χ2v) is 8.74. The van der Waals surface area contributed by atoms with E-state index >= 15 is 0 Å². The Morgan fingerprint density at radius 1 is 1.14 bits per heavy atom. The average molecular weight is 421 g/mol. The van der Waals surface area contributed by atoms with E-state index in [4.69, 9.17) is 16.0 Å². The number of anilines is 1. The van der Waals surface area contributed by atoms with Gasteiger partial charge in [-0.25, -0.2) is 0 Å². The quantitative estimate of drug-likeness (QED) is 0.675. The summed E-state index contributed by atoms with van der Waals surface area (Å²) in [6.45, 7) is 3.04. The fraction of sp³-hybridized carbons (Fsp3) is 0.550. The van der Waals surface area contributed by atoms with Crippen LogP contribution in [0.3, 0.4) is 0 Å². The lowest BCUT2D eigenvalue weighted by Crippen LogP contribution is -2.49. The fourth-order valence-electron chi connectivity index (χ4n) is 3.89. The number of hydrogen-bond acceptors (Lipinski definition) is 6. The Bertz CT molecular complexity index is 801. The number of amides is 1. The molecular weight excluding hydrogens is 396 g/mol. The highest BCUT2D eigenvalue weighted by atomic mass is 35.5. The average Bonchev–Trinajstić information content (AvgIpc) is 3.22. The first-order valence-electron chi connectivity index (χ1n) is 9.93. The van der Waals surface area contributed by atoms with Gasteiger partial charge in [0.25, 0.3) is 5.22 Å². The number of carbonyl (C=O) groups is 1. The molecule has 1 aromatic carbocycles. The lowest BCUT2D eigenvalue weighted by Gasteiger charge is -2.36. The summed E-state index contributed by atoms with van der Waals surface area (Å²) in [5, 5.41) is 9.57. The van der Waals surface area contributed by atoms with Crippen LogP contribution in [0.4, 0.5) is 5.69 Å². The molecular formula is C20H25ClN4O2S. The lowest BCUT2D eigenvalue weighted by atomic mass is 9.89. The summed E-state index contributed by atoms with van der Waals surface area (Å²) >= 11 is 7.42. The number of thioether (sulfide) groups is 1. The molecule has 150 valence electrons. The van der Waals surface area contributed by atoms with Crippen molar-refractivity contribution >= 4 is 35.0 Å². The Hall–Kier alpha value is -1.73. The number of hydrogen-bond donors (Lipinski definition) is 0. The van der Waals surface area contributed by atoms with Crippen molar-refractivity contribution in [2.75, 3.05) is 36.8 Å². The molecule has 4 rings (SSSR count). The van der Waals surface area contributed by atoms with Gasteiger partial charge >= 0.3 is 0 Å². The third-order valence-electron chi connectivity index (χ3n) is 5.50. The van der Waals surface area contributed by atoms with Crippen molar-refractivity contribution in [3.8, 4) is 0 Å². The van der Waals surface area contributed by atoms with Gasteiger partial charge in [0.2, 0.25) is 11.8 Å². The number of aromatic nitrogens is 2. The molecule has 1 aliphatic heterocycles. The van der Waals surface area contributed by atoms with Crippen LogP contribution in [-0.4, -0.2) is 52.9 Å². The van der Waals surface area contributed by atoms with E-state index in [1.165, 1.54) is 31.0 Å². The van der Waals surface area contributed by atoms with E-state index in [0.29, 0.717) is 30.0 Å². The van der Waals surface area contributed by atoms with Crippen LogP contribution in [0, 0.1) is 0 Å². The third-order valence-corrected chi connectivity index (χ3v) is 6.54. The van der Waals surface area contributed by atoms with Crippen molar-refractivity contribution in [2.24, 2.45) is 0 Å². The number of rotatable bonds is 5. The Balaban J connectivity index is 1.24. The zero-order chi connectivity index (χ0) is 19.3. The first kappa shape index (κ1) is 19.6. The molecule has 2 aromatic rings. The molecule has 0 N–H and O–H groups in total. The van der Waals surface area contributed by atoms with Crippen molar-refractivity contribution in [2.45, 2.75) is 43.2 Å². The minimum Gasteiger partial charge on any atom is -0.416 e. The van der Waals surface area contributed by atoms with E-state index < -0.39 is 0 Å². The van der Waals surface area contributed by atoms with Crippen LogP contribution in [-0.2, 0) is 4.79 Å². The van der Waals surface area contributed by atoms with Gasteiger partial charge in [0.1, 0.15) is 0 Å². The molecule has 2 aliphatic rings. The first-order valence-corrected chi connectivity index (χ1v) is 11.3. The molecule has 0 atom stereocenters. The Morgan fingerprint density at radius 3 is 2.68 bits per heavy atom. The van der Waals surface area contributed by atoms with Gasteiger partial charge < -0.3 is 14.2 Å². The normalized spacial score (nSPS) is 18.5. The van der Waals surface area contributed by atoms with Gasteiger partial charge in [-0.15, -0.1) is 10.2 Å². The molecule has 0 bridgehead atoms. The van der Waals surface area contributed by atoms with Crippen molar-refractivity contribution in [3.63, 3.8) is 0 Å². The standard InChI is InChI=1S/C20H25ClN4O2S/c21-16-7-4-8-17(13-16)24-9-11-25(12-10-24)18(26)14-28-20-23-22-19(27-20)15-5-2-1-3-6-15/h4,7-8,13,15H,1-3,5-6,9-12,14H2. The number of carbonyl (C=O) groups excluding carboxylic acids is 1. The van der Waals surface area contributed by atoms with Crippen molar-refractivity contribution < 1.29 is 9.21 Å². The molecule has 1 amide bonds. The SMILES string of the molecule is O=C(CSc1nnc(C2CCCCC2)o1)N1CCN(c2cccc(Cl)c2)CC1. The number of benzene rings is 1. The summed E-state index contributed by atoms with van der Waals surface area (Å²) in [4.78, 5) is 16.7. The summed E-state index contributed by atoms with van der Waals surface area (Å²) in [7, 11) is 0. The largest absolute Gasteiger partial charge is 0.416 e. The summed E-state index contributed by atoms with van der Waals surface area (Å²) in [6, 6.07) is 7.85. The summed E-state index contributed by atoms with van der Waals surface area (Å²) < 4.78 is 5.80. The predicted octanol–water partition coefficient (Wildman–Crippen LogP) is 4.21. The molecule has 1 saturated carbocycles. The highest BCUT2D eigenvalue weighted by Crippen LogP contribution is 2.33. The maximum absolute atomic E-state index is 12.6. The van der Waals surface area contributed by atoms with Crippen LogP contribution >= 0.6 is 23.4 Å². The van der Waals surface area contributed by atoms with Gasteiger partial charge in [0.15, 0.2) is 0 Å². The van der Waals surface area contributed by atoms with E-state index in [0.717, 1.165) is 42.5 Å². The monoisotopic (exact) mass is 420 g/mol. The van der Waals surface area contributed by atoms with Gasteiger partial charge in [0, 0.05) is 42.8 Å². The summed E-state index contributed by atoms with van der Waals surface area (Å²) in [6.07, 6.45) is 6.01. The zero-order valence-corrected chi connectivity index (χ0v) is 17.4. The minimum absolute atomic E-state index is 0.119. The van der Waals surface area contributed by atoms with E-state index in [-0.39, 0.29) is 5.91 Å². The van der Waals surface area contributed by atoms with Gasteiger partial charge in [-0.1, -0.05) is 48.7 Å². The van der Waals surface area contributed by atoms with E-state index in [1.54, 1.807) is 0 Å². The summed E-state index contributed by atoms with van der Waals surface area (Å²) in [5.41, 5.74) is 1.11. The predicted molar refractivity (Wildman–Crippen MR) is 111 cm³/mol. The molecule has 0 unspecified atom stereocenters. The molecule has 0 radical (unpaired) electrons. The Labute approximate surface area is 174 Å². The molecule has 6 nitrogen and oxygen atoms in total. The van der Waals surface area contributed by atoms with Crippen molar-refractivity contribution in [3.05, 3.63) is 35.2 Å². The van der Waals surface area contributed by atoms with Gasteiger partial charge in [-0.3, -0.25) is 4.79 Å². The highest BCUT2D eigenvalue weighted by molar-refractivity contribution is 7.99. The number of piperazine rings is 1. The highest BCUT2D eigenvalue weighted by Gasteiger charge is 2.24. The second kappa shape index (κ2) is 9.18.